The van der Waals surface area contributed by atoms with E-state index < -0.39 is 9.05 Å². The summed E-state index contributed by atoms with van der Waals surface area (Å²) in [6.07, 6.45) is 0. The molecule has 0 N–H and O–H groups in total. The Morgan fingerprint density at radius 1 is 1.14 bits per heavy atom. The summed E-state index contributed by atoms with van der Waals surface area (Å²) >= 11 is 0. The molecule has 3 rings (SSSR count). The normalized spacial score (nSPS) is 11.7. The van der Waals surface area contributed by atoms with Crippen LogP contribution in [0.3, 0.4) is 0 Å². The smallest absolute Gasteiger partial charge is 0.261 e. The first-order valence-corrected chi connectivity index (χ1v) is 8.35. The fourth-order valence-corrected chi connectivity index (χ4v) is 2.59. The zero-order chi connectivity index (χ0) is 14.9. The molecule has 0 aliphatic rings. The van der Waals surface area contributed by atoms with E-state index in [2.05, 4.69) is 4.98 Å². The van der Waals surface area contributed by atoms with Crippen LogP contribution in [0.25, 0.3) is 11.1 Å². The largest absolute Gasteiger partial charge is 0.484 e. The molecule has 21 heavy (non-hydrogen) atoms. The monoisotopic (exact) mass is 323 g/mol. The van der Waals surface area contributed by atoms with Crippen molar-refractivity contribution in [1.29, 1.82) is 0 Å². The van der Waals surface area contributed by atoms with Crippen molar-refractivity contribution in [3.63, 3.8) is 0 Å². The number of oxazole rings is 1. The van der Waals surface area contributed by atoms with Crippen molar-refractivity contribution in [3.8, 4) is 5.75 Å². The summed E-state index contributed by atoms with van der Waals surface area (Å²) in [6.45, 7) is 0.154. The van der Waals surface area contributed by atoms with E-state index in [1.54, 1.807) is 6.07 Å². The summed E-state index contributed by atoms with van der Waals surface area (Å²) < 4.78 is 33.5. The first-order valence-electron chi connectivity index (χ1n) is 6.04. The standard InChI is InChI=1S/C14H10ClNO4S/c15-21(17,18)11-6-7-12-13(8-11)20-14(16-12)9-19-10-4-2-1-3-5-10/h1-8H,9H2. The Morgan fingerprint density at radius 2 is 1.90 bits per heavy atom. The first kappa shape index (κ1) is 13.9. The van der Waals surface area contributed by atoms with E-state index in [0.29, 0.717) is 22.7 Å². The number of fused-ring (bicyclic) bond motifs is 1. The fourth-order valence-electron chi connectivity index (χ4n) is 1.83. The second-order valence-corrected chi connectivity index (χ2v) is 6.84. The topological polar surface area (TPSA) is 69.4 Å². The molecule has 0 radical (unpaired) electrons. The van der Waals surface area contributed by atoms with Crippen molar-refractivity contribution in [2.75, 3.05) is 0 Å². The third kappa shape index (κ3) is 3.17. The van der Waals surface area contributed by atoms with Crippen molar-refractivity contribution in [1.82, 2.24) is 4.98 Å². The molecule has 0 atom stereocenters. The predicted octanol–water partition coefficient (Wildman–Crippen LogP) is 3.33. The van der Waals surface area contributed by atoms with Crippen LogP contribution < -0.4 is 4.74 Å². The molecule has 5 nitrogen and oxygen atoms in total. The van der Waals surface area contributed by atoms with E-state index in [4.69, 9.17) is 19.8 Å². The Bertz CT molecular complexity index is 874. The Hall–Kier alpha value is -2.05. The molecule has 7 heteroatoms. The van der Waals surface area contributed by atoms with Crippen LogP contribution in [0.5, 0.6) is 5.75 Å². The van der Waals surface area contributed by atoms with Crippen molar-refractivity contribution in [2.45, 2.75) is 11.5 Å². The van der Waals surface area contributed by atoms with Crippen molar-refractivity contribution >= 4 is 30.8 Å². The minimum absolute atomic E-state index is 0.0247. The molecule has 0 aliphatic heterocycles. The van der Waals surface area contributed by atoms with E-state index in [1.165, 1.54) is 12.1 Å². The molecular formula is C14H10ClNO4S. The van der Waals surface area contributed by atoms with Crippen molar-refractivity contribution in [2.24, 2.45) is 0 Å². The van der Waals surface area contributed by atoms with Gasteiger partial charge in [0.25, 0.3) is 9.05 Å². The maximum absolute atomic E-state index is 11.3. The molecule has 0 fully saturated rings. The van der Waals surface area contributed by atoms with Gasteiger partial charge in [-0.25, -0.2) is 13.4 Å². The second kappa shape index (κ2) is 5.38. The van der Waals surface area contributed by atoms with Gasteiger partial charge in [0.2, 0.25) is 5.89 Å². The summed E-state index contributed by atoms with van der Waals surface area (Å²) in [5.74, 6) is 1.06. The highest BCUT2D eigenvalue weighted by Gasteiger charge is 2.13. The number of aromatic nitrogens is 1. The maximum Gasteiger partial charge on any atom is 0.261 e. The van der Waals surface area contributed by atoms with Crippen LogP contribution in [0.15, 0.2) is 57.8 Å². The molecule has 0 spiro atoms. The Morgan fingerprint density at radius 3 is 2.62 bits per heavy atom. The molecular weight excluding hydrogens is 314 g/mol. The van der Waals surface area contributed by atoms with E-state index in [9.17, 15) is 8.42 Å². The average molecular weight is 324 g/mol. The van der Waals surface area contributed by atoms with E-state index in [-0.39, 0.29) is 11.5 Å². The predicted molar refractivity (Wildman–Crippen MR) is 77.8 cm³/mol. The van der Waals surface area contributed by atoms with Gasteiger partial charge in [-0.15, -0.1) is 0 Å². The molecule has 3 aromatic rings. The summed E-state index contributed by atoms with van der Waals surface area (Å²) in [6, 6.07) is 13.5. The molecule has 108 valence electrons. The van der Waals surface area contributed by atoms with Crippen molar-refractivity contribution < 1.29 is 17.6 Å². The zero-order valence-electron chi connectivity index (χ0n) is 10.7. The summed E-state index contributed by atoms with van der Waals surface area (Å²) in [7, 11) is 1.51. The highest BCUT2D eigenvalue weighted by Crippen LogP contribution is 2.23. The lowest BCUT2D eigenvalue weighted by atomic mass is 10.3. The molecule has 1 aromatic heterocycles. The molecule has 0 saturated carbocycles. The van der Waals surface area contributed by atoms with Gasteiger partial charge in [-0.2, -0.15) is 0 Å². The lowest BCUT2D eigenvalue weighted by Gasteiger charge is -2.01. The number of benzene rings is 2. The minimum atomic E-state index is -3.79. The van der Waals surface area contributed by atoms with Crippen LogP contribution in [0.2, 0.25) is 0 Å². The maximum atomic E-state index is 11.3. The number of hydrogen-bond donors (Lipinski definition) is 0. The van der Waals surface area contributed by atoms with Gasteiger partial charge < -0.3 is 9.15 Å². The number of hydrogen-bond acceptors (Lipinski definition) is 5. The van der Waals surface area contributed by atoms with Crippen LogP contribution in [0, 0.1) is 0 Å². The van der Waals surface area contributed by atoms with E-state index in [0.717, 1.165) is 0 Å². The van der Waals surface area contributed by atoms with Gasteiger partial charge in [0.15, 0.2) is 12.2 Å². The molecule has 0 bridgehead atoms. The van der Waals surface area contributed by atoms with Gasteiger partial charge in [0.1, 0.15) is 11.3 Å². The Balaban J connectivity index is 1.84. The number of ether oxygens (including phenoxy) is 1. The van der Waals surface area contributed by atoms with Crippen LogP contribution in [-0.4, -0.2) is 13.4 Å². The van der Waals surface area contributed by atoms with Gasteiger partial charge in [-0.3, -0.25) is 0 Å². The molecule has 0 aliphatic carbocycles. The van der Waals surface area contributed by atoms with Crippen LogP contribution >= 0.6 is 10.7 Å². The lowest BCUT2D eigenvalue weighted by Crippen LogP contribution is -1.94. The minimum Gasteiger partial charge on any atom is -0.484 e. The SMILES string of the molecule is O=S(=O)(Cl)c1ccc2nc(COc3ccccc3)oc2c1. The summed E-state index contributed by atoms with van der Waals surface area (Å²) in [4.78, 5) is 4.20. The third-order valence-electron chi connectivity index (χ3n) is 2.79. The average Bonchev–Trinajstić information content (AvgIpc) is 2.87. The second-order valence-electron chi connectivity index (χ2n) is 4.28. The highest BCUT2D eigenvalue weighted by atomic mass is 35.7. The number of para-hydroxylation sites is 1. The van der Waals surface area contributed by atoms with Gasteiger partial charge in [0.05, 0.1) is 4.90 Å². The third-order valence-corrected chi connectivity index (χ3v) is 4.14. The summed E-state index contributed by atoms with van der Waals surface area (Å²) in [5, 5.41) is 0. The number of halogens is 1. The van der Waals surface area contributed by atoms with Crippen LogP contribution in [0.4, 0.5) is 0 Å². The fraction of sp³-hybridized carbons (Fsp3) is 0.0714. The van der Waals surface area contributed by atoms with E-state index >= 15 is 0 Å². The van der Waals surface area contributed by atoms with Crippen LogP contribution in [-0.2, 0) is 15.7 Å². The Labute approximate surface area is 125 Å². The number of rotatable bonds is 4. The molecule has 1 heterocycles. The zero-order valence-corrected chi connectivity index (χ0v) is 12.3. The summed E-state index contributed by atoms with van der Waals surface area (Å²) in [5.41, 5.74) is 0.897. The molecule has 0 saturated heterocycles. The number of nitrogens with zero attached hydrogens (tertiary/aromatic N) is 1. The van der Waals surface area contributed by atoms with Gasteiger partial charge in [0, 0.05) is 16.7 Å². The lowest BCUT2D eigenvalue weighted by molar-refractivity contribution is 0.267. The Kier molecular flexibility index (Phi) is 3.57. The van der Waals surface area contributed by atoms with Crippen molar-refractivity contribution in [3.05, 3.63) is 54.4 Å². The van der Waals surface area contributed by atoms with Crippen LogP contribution in [0.1, 0.15) is 5.89 Å². The molecule has 0 amide bonds. The van der Waals surface area contributed by atoms with E-state index in [1.807, 2.05) is 30.3 Å². The first-order chi connectivity index (χ1) is 10.0. The molecule has 0 unspecified atom stereocenters. The van der Waals surface area contributed by atoms with Gasteiger partial charge in [-0.1, -0.05) is 18.2 Å². The highest BCUT2D eigenvalue weighted by molar-refractivity contribution is 8.13. The quantitative estimate of drug-likeness (QED) is 0.689. The van der Waals surface area contributed by atoms with Gasteiger partial charge in [-0.05, 0) is 24.3 Å². The van der Waals surface area contributed by atoms with Gasteiger partial charge >= 0.3 is 0 Å². The molecule has 2 aromatic carbocycles.